The third-order valence-electron chi connectivity index (χ3n) is 1.34. The van der Waals surface area contributed by atoms with Gasteiger partial charge in [0, 0.05) is 19.8 Å². The minimum absolute atomic E-state index is 0. The molecule has 0 N–H and O–H groups in total. The molecule has 0 rings (SSSR count). The van der Waals surface area contributed by atoms with Crippen molar-refractivity contribution in [1.82, 2.24) is 0 Å². The second-order valence-electron chi connectivity index (χ2n) is 1.62. The molecule has 0 aromatic carbocycles. The summed E-state index contributed by atoms with van der Waals surface area (Å²) < 4.78 is 0. The van der Waals surface area contributed by atoms with Crippen LogP contribution in [0.5, 0.6) is 0 Å². The first kappa shape index (κ1) is 36.0. The second kappa shape index (κ2) is 84.4. The van der Waals surface area contributed by atoms with Gasteiger partial charge in [0.2, 0.25) is 0 Å². The zero-order valence-electron chi connectivity index (χ0n) is 9.56. The van der Waals surface area contributed by atoms with Crippen molar-refractivity contribution in [3.63, 3.8) is 0 Å². The van der Waals surface area contributed by atoms with Crippen LogP contribution >= 0.6 is 7.92 Å². The van der Waals surface area contributed by atoms with Gasteiger partial charge < -0.3 is 0 Å². The average molecular weight is 420 g/mol. The van der Waals surface area contributed by atoms with Crippen LogP contribution in [-0.4, -0.2) is 45.6 Å². The zero-order chi connectivity index (χ0) is 13.7. The largest absolute Gasteiger partial charge is 0.281 e. The molecular formula is C10H15O4OsP. The first-order valence-electron chi connectivity index (χ1n) is 3.89. The predicted octanol–water partition coefficient (Wildman–Crippen LogP) is 0.937. The molecule has 16 heavy (non-hydrogen) atoms. The normalized spacial score (nSPS) is 5.50. The molecule has 4 nitrogen and oxygen atoms in total. The van der Waals surface area contributed by atoms with E-state index in [-0.39, 0.29) is 19.8 Å². The van der Waals surface area contributed by atoms with Crippen LogP contribution in [0.1, 0.15) is 20.8 Å². The average Bonchev–Trinajstić information content (AvgIpc) is 2.41. The number of hydrogen-bond donors (Lipinski definition) is 0. The van der Waals surface area contributed by atoms with Gasteiger partial charge in [-0.25, -0.2) is 0 Å². The Morgan fingerprint density at radius 1 is 0.625 bits per heavy atom. The Kier molecular flexibility index (Phi) is 190. The molecule has 0 spiro atoms. The topological polar surface area (TPSA) is 68.3 Å². The van der Waals surface area contributed by atoms with Crippen molar-refractivity contribution in [2.24, 2.45) is 0 Å². The molecule has 6 heteroatoms. The number of carbonyl (C=O) groups excluding carboxylic acids is 4. The quantitative estimate of drug-likeness (QED) is 0.638. The van der Waals surface area contributed by atoms with Crippen LogP contribution in [0, 0.1) is 0 Å². The summed E-state index contributed by atoms with van der Waals surface area (Å²) in [5, 5.41) is 0. The molecule has 0 heterocycles. The molecule has 0 saturated carbocycles. The summed E-state index contributed by atoms with van der Waals surface area (Å²) in [7, 11) is 0.446. The van der Waals surface area contributed by atoms with Crippen LogP contribution in [0.15, 0.2) is 0 Å². The van der Waals surface area contributed by atoms with E-state index in [1.165, 1.54) is 18.5 Å². The molecule has 0 fully saturated rings. The third kappa shape index (κ3) is 67.6. The van der Waals surface area contributed by atoms with E-state index in [4.69, 9.17) is 19.2 Å². The molecule has 0 amide bonds. The summed E-state index contributed by atoms with van der Waals surface area (Å²) in [6.07, 6.45) is 4.26. The fourth-order valence-corrected chi connectivity index (χ4v) is 2.01. The van der Waals surface area contributed by atoms with E-state index in [1.54, 1.807) is 0 Å². The minimum atomic E-state index is 0. The first-order valence-corrected chi connectivity index (χ1v) is 5.78. The van der Waals surface area contributed by atoms with Gasteiger partial charge in [-0.2, -0.15) is 0 Å². The van der Waals surface area contributed by atoms with E-state index in [2.05, 4.69) is 47.9 Å². The van der Waals surface area contributed by atoms with Crippen LogP contribution in [0.25, 0.3) is 0 Å². The summed E-state index contributed by atoms with van der Waals surface area (Å²) in [5.74, 6) is 0. The van der Waals surface area contributed by atoms with Crippen molar-refractivity contribution in [2.75, 3.05) is 18.5 Å². The smallest absolute Gasteiger partial charge is 0.281 e. The van der Waals surface area contributed by atoms with Crippen LogP contribution in [-0.2, 0) is 39.0 Å². The van der Waals surface area contributed by atoms with Crippen molar-refractivity contribution >= 4 is 35.1 Å². The van der Waals surface area contributed by atoms with Gasteiger partial charge in [-0.1, -0.05) is 20.8 Å². The summed E-state index contributed by atoms with van der Waals surface area (Å²) in [6, 6.07) is 0. The van der Waals surface area contributed by atoms with E-state index >= 15 is 0 Å². The first-order chi connectivity index (χ1) is 7.35. The van der Waals surface area contributed by atoms with Crippen molar-refractivity contribution in [1.29, 1.82) is 0 Å². The summed E-state index contributed by atoms with van der Waals surface area (Å²) in [4.78, 5) is 30.0. The Bertz CT molecular complexity index is 71.7. The van der Waals surface area contributed by atoms with E-state index < -0.39 is 0 Å². The number of rotatable bonds is 3. The Balaban J connectivity index is -0.0000000238. The third-order valence-corrected chi connectivity index (χ3v) is 4.02. The van der Waals surface area contributed by atoms with Crippen molar-refractivity contribution in [3.05, 3.63) is 0 Å². The molecule has 0 aliphatic heterocycles. The monoisotopic (exact) mass is 422 g/mol. The van der Waals surface area contributed by atoms with Gasteiger partial charge in [-0.15, -0.1) is 7.92 Å². The van der Waals surface area contributed by atoms with Crippen molar-refractivity contribution in [3.8, 4) is 0 Å². The standard InChI is InChI=1S/C6H15P.4CO.Os/c1-4-7(5-2)6-3;4*1-2;/h4-6H2,1-3H3;;;;;. The van der Waals surface area contributed by atoms with Crippen LogP contribution in [0.2, 0.25) is 0 Å². The maximum absolute atomic E-state index is 7.50. The zero-order valence-corrected chi connectivity index (χ0v) is 13.0. The molecule has 0 aliphatic carbocycles. The van der Waals surface area contributed by atoms with Gasteiger partial charge in [0.1, 0.15) is 0 Å². The molecule has 0 aliphatic rings. The Morgan fingerprint density at radius 2 is 0.750 bits per heavy atom. The Morgan fingerprint density at radius 3 is 0.750 bits per heavy atom. The molecular weight excluding hydrogens is 405 g/mol. The minimum Gasteiger partial charge on any atom is -0.281 e. The number of hydrogen-bond acceptors (Lipinski definition) is 4. The molecule has 8 radical (unpaired) electrons. The molecule has 0 unspecified atom stereocenters. The molecule has 0 atom stereocenters. The second-order valence-corrected chi connectivity index (χ2v) is 4.86. The Labute approximate surface area is 113 Å². The van der Waals surface area contributed by atoms with E-state index in [1.807, 2.05) is 0 Å². The maximum Gasteiger partial charge on any atom is 0.281 e. The van der Waals surface area contributed by atoms with Gasteiger partial charge in [0.05, 0.1) is 0 Å². The summed E-state index contributed by atoms with van der Waals surface area (Å²) >= 11 is 0. The molecule has 0 aromatic heterocycles. The molecule has 0 aromatic rings. The fraction of sp³-hybridized carbons (Fsp3) is 0.600. The molecule has 0 saturated heterocycles. The van der Waals surface area contributed by atoms with E-state index in [9.17, 15) is 0 Å². The van der Waals surface area contributed by atoms with Gasteiger partial charge in [0.15, 0.2) is 0 Å². The Hall–Kier alpha value is -0.254. The SMILES string of the molecule is CCP(CC)CC.[C]=O.[C]=O.[C]=O.[C]=O.[Os]. The summed E-state index contributed by atoms with van der Waals surface area (Å²) in [5.41, 5.74) is 0. The maximum atomic E-state index is 7.50. The van der Waals surface area contributed by atoms with Crippen molar-refractivity contribution in [2.45, 2.75) is 20.8 Å². The van der Waals surface area contributed by atoms with Crippen LogP contribution in [0.4, 0.5) is 0 Å². The van der Waals surface area contributed by atoms with Crippen LogP contribution in [0.3, 0.4) is 0 Å². The van der Waals surface area contributed by atoms with E-state index in [0.29, 0.717) is 7.92 Å². The summed E-state index contributed by atoms with van der Waals surface area (Å²) in [6.45, 7) is 24.9. The van der Waals surface area contributed by atoms with Crippen molar-refractivity contribution < 1.29 is 39.0 Å². The van der Waals surface area contributed by atoms with Gasteiger partial charge >= 0.3 is 0 Å². The predicted molar refractivity (Wildman–Crippen MR) is 61.3 cm³/mol. The fourth-order valence-electron chi connectivity index (χ4n) is 0.671. The van der Waals surface area contributed by atoms with Crippen LogP contribution < -0.4 is 0 Å². The molecule has 0 bridgehead atoms. The van der Waals surface area contributed by atoms with Gasteiger partial charge in [0.25, 0.3) is 27.2 Å². The van der Waals surface area contributed by atoms with E-state index in [0.717, 1.165) is 0 Å². The van der Waals surface area contributed by atoms with Gasteiger partial charge in [-0.3, -0.25) is 19.2 Å². The molecule has 92 valence electrons. The van der Waals surface area contributed by atoms with Gasteiger partial charge in [-0.05, 0) is 18.5 Å².